The molecule has 0 aliphatic rings. The number of nitrogens with zero attached hydrogens (tertiary/aromatic N) is 4. The van der Waals surface area contributed by atoms with Gasteiger partial charge in [-0.05, 0) is 30.4 Å². The maximum absolute atomic E-state index is 12.4. The van der Waals surface area contributed by atoms with Gasteiger partial charge in [-0.1, -0.05) is 30.8 Å². The molecule has 1 amide bonds. The molecule has 0 saturated carbocycles. The first-order chi connectivity index (χ1) is 12.5. The Morgan fingerprint density at radius 2 is 2.19 bits per heavy atom. The molecule has 0 atom stereocenters. The Kier molecular flexibility index (Phi) is 5.03. The molecule has 2 heterocycles. The Balaban J connectivity index is 1.92. The lowest BCUT2D eigenvalue weighted by Crippen LogP contribution is -2.25. The lowest BCUT2D eigenvalue weighted by atomic mass is 10.2. The van der Waals surface area contributed by atoms with Crippen molar-refractivity contribution >= 4 is 23.6 Å². The predicted octanol–water partition coefficient (Wildman–Crippen LogP) is 1.73. The zero-order valence-corrected chi connectivity index (χ0v) is 14.9. The molecule has 0 saturated heterocycles. The highest BCUT2D eigenvalue weighted by molar-refractivity contribution is 7.99. The van der Waals surface area contributed by atoms with Gasteiger partial charge in [-0.25, -0.2) is 5.10 Å². The Morgan fingerprint density at radius 3 is 2.92 bits per heavy atom. The van der Waals surface area contributed by atoms with E-state index in [1.165, 1.54) is 11.8 Å². The molecule has 0 unspecified atom stereocenters. The third-order valence-corrected chi connectivity index (χ3v) is 4.07. The number of aromatic hydroxyl groups is 1. The van der Waals surface area contributed by atoms with Crippen molar-refractivity contribution in [3.8, 4) is 11.4 Å². The van der Waals surface area contributed by atoms with Gasteiger partial charge in [0.1, 0.15) is 0 Å². The van der Waals surface area contributed by atoms with Gasteiger partial charge in [0.2, 0.25) is 11.1 Å². The van der Waals surface area contributed by atoms with E-state index in [1.54, 1.807) is 18.2 Å². The zero-order chi connectivity index (χ0) is 18.7. The number of nitrogens with one attached hydrogen (secondary N) is 2. The normalized spacial score (nSPS) is 10.7. The van der Waals surface area contributed by atoms with Crippen molar-refractivity contribution in [3.63, 3.8) is 0 Å². The summed E-state index contributed by atoms with van der Waals surface area (Å²) < 4.78 is 1.06. The summed E-state index contributed by atoms with van der Waals surface area (Å²) in [6, 6.07) is 8.02. The lowest BCUT2D eigenvalue weighted by Gasteiger charge is -2.09. The monoisotopic (exact) mass is 372 g/mol. The summed E-state index contributed by atoms with van der Waals surface area (Å²) in [5.41, 5.74) is 0.571. The molecule has 3 aromatic rings. The highest BCUT2D eigenvalue weighted by Gasteiger charge is 2.18. The molecule has 0 spiro atoms. The standard InChI is InChI=1S/C16H16N6O3S/c1-3-26-16-18-15(19-20-16)17-14(25)13-11(23)8-12(24)22(21-13)10-6-4-5-9(2)7-10/h4-8,23H,3H2,1-2H3,(H2,17,18,19,20,25). The highest BCUT2D eigenvalue weighted by Crippen LogP contribution is 2.16. The number of hydrogen-bond donors (Lipinski definition) is 3. The van der Waals surface area contributed by atoms with Crippen LogP contribution in [-0.2, 0) is 0 Å². The number of aromatic amines is 1. The van der Waals surface area contributed by atoms with Gasteiger partial charge in [0.15, 0.2) is 11.4 Å². The lowest BCUT2D eigenvalue weighted by molar-refractivity contribution is 0.101. The molecule has 10 heteroatoms. The zero-order valence-electron chi connectivity index (χ0n) is 14.1. The number of anilines is 1. The van der Waals surface area contributed by atoms with E-state index < -0.39 is 17.2 Å². The fourth-order valence-corrected chi connectivity index (χ4v) is 2.74. The largest absolute Gasteiger partial charge is 0.505 e. The van der Waals surface area contributed by atoms with E-state index in [-0.39, 0.29) is 11.6 Å². The minimum absolute atomic E-state index is 0.125. The van der Waals surface area contributed by atoms with E-state index in [0.717, 1.165) is 22.1 Å². The maximum atomic E-state index is 12.4. The first kappa shape index (κ1) is 17.7. The number of carbonyl (C=O) groups excluding carboxylic acids is 1. The predicted molar refractivity (Wildman–Crippen MR) is 97.0 cm³/mol. The number of aryl methyl sites for hydroxylation is 1. The van der Waals surface area contributed by atoms with Gasteiger partial charge in [0, 0.05) is 6.07 Å². The van der Waals surface area contributed by atoms with Crippen molar-refractivity contribution < 1.29 is 9.90 Å². The molecule has 0 aliphatic carbocycles. The first-order valence-corrected chi connectivity index (χ1v) is 8.73. The topological polar surface area (TPSA) is 126 Å². The van der Waals surface area contributed by atoms with Crippen molar-refractivity contribution in [2.24, 2.45) is 0 Å². The van der Waals surface area contributed by atoms with Crippen LogP contribution in [0.5, 0.6) is 5.75 Å². The molecule has 1 aromatic carbocycles. The fraction of sp³-hybridized carbons (Fsp3) is 0.188. The molecule has 2 aromatic heterocycles. The number of benzene rings is 1. The number of H-pyrrole nitrogens is 1. The van der Waals surface area contributed by atoms with E-state index in [1.807, 2.05) is 19.9 Å². The highest BCUT2D eigenvalue weighted by atomic mass is 32.2. The molecule has 3 rings (SSSR count). The van der Waals surface area contributed by atoms with Crippen LogP contribution in [0.15, 0.2) is 40.3 Å². The molecule has 0 radical (unpaired) electrons. The van der Waals surface area contributed by atoms with Crippen molar-refractivity contribution in [2.75, 3.05) is 11.1 Å². The van der Waals surface area contributed by atoms with Crippen LogP contribution in [0, 0.1) is 6.92 Å². The molecule has 134 valence electrons. The number of thioether (sulfide) groups is 1. The molecule has 0 fully saturated rings. The van der Waals surface area contributed by atoms with Gasteiger partial charge in [0.25, 0.3) is 11.5 Å². The van der Waals surface area contributed by atoms with Gasteiger partial charge in [0.05, 0.1) is 5.69 Å². The van der Waals surface area contributed by atoms with E-state index in [4.69, 9.17) is 0 Å². The van der Waals surface area contributed by atoms with Crippen LogP contribution in [0.3, 0.4) is 0 Å². The van der Waals surface area contributed by atoms with Crippen molar-refractivity contribution in [2.45, 2.75) is 19.0 Å². The smallest absolute Gasteiger partial charge is 0.282 e. The third-order valence-electron chi connectivity index (χ3n) is 3.34. The van der Waals surface area contributed by atoms with Crippen LogP contribution >= 0.6 is 11.8 Å². The van der Waals surface area contributed by atoms with Gasteiger partial charge in [-0.3, -0.25) is 14.9 Å². The molecule has 3 N–H and O–H groups in total. The maximum Gasteiger partial charge on any atom is 0.282 e. The third kappa shape index (κ3) is 3.75. The Morgan fingerprint density at radius 1 is 1.38 bits per heavy atom. The quantitative estimate of drug-likeness (QED) is 0.582. The van der Waals surface area contributed by atoms with Gasteiger partial charge in [-0.15, -0.1) is 5.10 Å². The summed E-state index contributed by atoms with van der Waals surface area (Å²) in [5.74, 6) is -0.317. The van der Waals surface area contributed by atoms with Gasteiger partial charge >= 0.3 is 0 Å². The minimum Gasteiger partial charge on any atom is -0.505 e. The second-order valence-corrected chi connectivity index (χ2v) is 6.55. The molecule has 0 bridgehead atoms. The number of aromatic nitrogens is 5. The minimum atomic E-state index is -0.715. The first-order valence-electron chi connectivity index (χ1n) is 7.75. The van der Waals surface area contributed by atoms with Crippen molar-refractivity contribution in [3.05, 3.63) is 51.9 Å². The Hall–Kier alpha value is -3.14. The van der Waals surface area contributed by atoms with E-state index in [9.17, 15) is 14.7 Å². The SMILES string of the molecule is CCSc1n[nH]c(NC(=O)c2nn(-c3cccc(C)c3)c(=O)cc2O)n1. The second kappa shape index (κ2) is 7.40. The number of amides is 1. The average Bonchev–Trinajstić information content (AvgIpc) is 3.02. The summed E-state index contributed by atoms with van der Waals surface area (Å²) >= 11 is 1.41. The summed E-state index contributed by atoms with van der Waals surface area (Å²) in [7, 11) is 0. The summed E-state index contributed by atoms with van der Waals surface area (Å²) in [5, 5.41) is 23.4. The Labute approximate surface area is 152 Å². The van der Waals surface area contributed by atoms with Gasteiger partial charge in [-0.2, -0.15) is 14.8 Å². The van der Waals surface area contributed by atoms with Crippen LogP contribution in [0.1, 0.15) is 23.0 Å². The van der Waals surface area contributed by atoms with Crippen LogP contribution < -0.4 is 10.9 Å². The van der Waals surface area contributed by atoms with Crippen LogP contribution in [0.2, 0.25) is 0 Å². The molecular formula is C16H16N6O3S. The number of carbonyl (C=O) groups is 1. The van der Waals surface area contributed by atoms with Gasteiger partial charge < -0.3 is 5.11 Å². The number of rotatable bonds is 5. The van der Waals surface area contributed by atoms with Crippen LogP contribution in [0.4, 0.5) is 5.95 Å². The van der Waals surface area contributed by atoms with Crippen LogP contribution in [0.25, 0.3) is 5.69 Å². The molecule has 9 nitrogen and oxygen atoms in total. The fourth-order valence-electron chi connectivity index (χ4n) is 2.22. The van der Waals surface area contributed by atoms with E-state index >= 15 is 0 Å². The van der Waals surface area contributed by atoms with Crippen LogP contribution in [-0.4, -0.2) is 41.7 Å². The summed E-state index contributed by atoms with van der Waals surface area (Å²) in [6.45, 7) is 3.83. The number of hydrogen-bond acceptors (Lipinski definition) is 7. The summed E-state index contributed by atoms with van der Waals surface area (Å²) in [6.07, 6.45) is 0. The molecular weight excluding hydrogens is 356 g/mol. The Bertz CT molecular complexity index is 1010. The van der Waals surface area contributed by atoms with Crippen molar-refractivity contribution in [1.29, 1.82) is 0 Å². The second-order valence-electron chi connectivity index (χ2n) is 5.32. The van der Waals surface area contributed by atoms with E-state index in [2.05, 4.69) is 25.6 Å². The van der Waals surface area contributed by atoms with Crippen molar-refractivity contribution in [1.82, 2.24) is 25.0 Å². The van der Waals surface area contributed by atoms with E-state index in [0.29, 0.717) is 10.8 Å². The molecule has 26 heavy (non-hydrogen) atoms. The molecule has 0 aliphatic heterocycles. The summed E-state index contributed by atoms with van der Waals surface area (Å²) in [4.78, 5) is 28.6. The average molecular weight is 372 g/mol.